The van der Waals surface area contributed by atoms with Gasteiger partial charge in [-0.15, -0.1) is 5.10 Å². The highest BCUT2D eigenvalue weighted by Crippen LogP contribution is 2.37. The number of hydrogen-bond donors (Lipinski definition) is 1. The van der Waals surface area contributed by atoms with Crippen LogP contribution in [-0.4, -0.2) is 47.8 Å². The average Bonchev–Trinajstić information content (AvgIpc) is 3.15. The van der Waals surface area contributed by atoms with Crippen LogP contribution in [0.1, 0.15) is 51.0 Å². The highest BCUT2D eigenvalue weighted by molar-refractivity contribution is 5.14. The molecule has 0 spiro atoms. The number of aliphatic hydroxyl groups excluding tert-OH is 1. The van der Waals surface area contributed by atoms with Gasteiger partial charge in [-0.3, -0.25) is 9.88 Å². The van der Waals surface area contributed by atoms with Crippen LogP contribution in [0.5, 0.6) is 0 Å². The molecule has 2 atom stereocenters. The van der Waals surface area contributed by atoms with Crippen molar-refractivity contribution < 1.29 is 9.50 Å². The minimum Gasteiger partial charge on any atom is -0.395 e. The number of aromatic nitrogens is 5. The van der Waals surface area contributed by atoms with Crippen LogP contribution in [0.3, 0.4) is 0 Å². The summed E-state index contributed by atoms with van der Waals surface area (Å²) in [7, 11) is 0. The normalized spacial score (nSPS) is 22.2. The standard InChI is InChI=1S/C16H23FN6O/c1-16(2,3)23-15(19-20-21-23)14-5-4-12(10-24)22(14)9-11-6-7-18-8-13(11)17/h6-8,12,14,24H,4-5,9-10H2,1-3H3/t12-,14-/m0/s1. The highest BCUT2D eigenvalue weighted by atomic mass is 19.1. The third kappa shape index (κ3) is 3.16. The smallest absolute Gasteiger partial charge is 0.168 e. The number of rotatable bonds is 4. The molecule has 1 N–H and O–H groups in total. The lowest BCUT2D eigenvalue weighted by Crippen LogP contribution is -2.36. The summed E-state index contributed by atoms with van der Waals surface area (Å²) < 4.78 is 15.8. The van der Waals surface area contributed by atoms with Gasteiger partial charge in [-0.1, -0.05) is 0 Å². The Morgan fingerprint density at radius 3 is 2.79 bits per heavy atom. The third-order valence-electron chi connectivity index (χ3n) is 4.49. The van der Waals surface area contributed by atoms with Crippen molar-refractivity contribution in [1.29, 1.82) is 0 Å². The van der Waals surface area contributed by atoms with Gasteiger partial charge in [0, 0.05) is 24.3 Å². The van der Waals surface area contributed by atoms with Crippen molar-refractivity contribution in [3.05, 3.63) is 35.7 Å². The molecule has 0 amide bonds. The second-order valence-corrected chi connectivity index (χ2v) is 7.19. The lowest BCUT2D eigenvalue weighted by molar-refractivity contribution is 0.113. The Morgan fingerprint density at radius 1 is 1.33 bits per heavy atom. The lowest BCUT2D eigenvalue weighted by atomic mass is 10.1. The quantitative estimate of drug-likeness (QED) is 0.916. The number of likely N-dealkylation sites (tertiary alicyclic amines) is 1. The fourth-order valence-corrected chi connectivity index (χ4v) is 3.26. The van der Waals surface area contributed by atoms with Gasteiger partial charge >= 0.3 is 0 Å². The van der Waals surface area contributed by atoms with Crippen molar-refractivity contribution in [2.75, 3.05) is 6.61 Å². The predicted molar refractivity (Wildman–Crippen MR) is 85.4 cm³/mol. The van der Waals surface area contributed by atoms with Gasteiger partial charge in [0.1, 0.15) is 5.82 Å². The van der Waals surface area contributed by atoms with E-state index in [0.717, 1.165) is 18.7 Å². The molecule has 0 saturated carbocycles. The van der Waals surface area contributed by atoms with Crippen LogP contribution in [0.2, 0.25) is 0 Å². The van der Waals surface area contributed by atoms with Gasteiger partial charge in [-0.2, -0.15) is 0 Å². The van der Waals surface area contributed by atoms with Crippen LogP contribution < -0.4 is 0 Å². The van der Waals surface area contributed by atoms with Gasteiger partial charge in [0.25, 0.3) is 0 Å². The SMILES string of the molecule is CC(C)(C)n1nnnc1[C@@H]1CC[C@@H](CO)N1Cc1ccncc1F. The molecule has 0 aromatic carbocycles. The van der Waals surface area contributed by atoms with Crippen LogP contribution in [0.4, 0.5) is 4.39 Å². The van der Waals surface area contributed by atoms with Crippen LogP contribution in [0.15, 0.2) is 18.5 Å². The zero-order valence-electron chi connectivity index (χ0n) is 14.2. The Kier molecular flexibility index (Phi) is 4.60. The molecule has 1 aliphatic heterocycles. The van der Waals surface area contributed by atoms with Gasteiger partial charge < -0.3 is 5.11 Å². The first-order valence-electron chi connectivity index (χ1n) is 8.15. The molecule has 130 valence electrons. The maximum Gasteiger partial charge on any atom is 0.168 e. The van der Waals surface area contributed by atoms with Crippen LogP contribution in [0, 0.1) is 5.82 Å². The first-order chi connectivity index (χ1) is 11.4. The first kappa shape index (κ1) is 16.9. The molecule has 3 heterocycles. The monoisotopic (exact) mass is 334 g/mol. The molecule has 1 fully saturated rings. The van der Waals surface area contributed by atoms with Crippen molar-refractivity contribution >= 4 is 0 Å². The second-order valence-electron chi connectivity index (χ2n) is 7.19. The molecule has 0 radical (unpaired) electrons. The van der Waals surface area contributed by atoms with Crippen molar-refractivity contribution in [3.63, 3.8) is 0 Å². The largest absolute Gasteiger partial charge is 0.395 e. The summed E-state index contributed by atoms with van der Waals surface area (Å²) in [5.74, 6) is 0.420. The van der Waals surface area contributed by atoms with Gasteiger partial charge in [-0.25, -0.2) is 9.07 Å². The van der Waals surface area contributed by atoms with E-state index in [1.54, 1.807) is 12.3 Å². The van der Waals surface area contributed by atoms with Crippen molar-refractivity contribution in [3.8, 4) is 0 Å². The Hall–Kier alpha value is -1.93. The molecular weight excluding hydrogens is 311 g/mol. The van der Waals surface area contributed by atoms with E-state index in [1.807, 2.05) is 25.5 Å². The van der Waals surface area contributed by atoms with Crippen molar-refractivity contribution in [2.45, 2.75) is 57.8 Å². The number of hydrogen-bond acceptors (Lipinski definition) is 6. The van der Waals surface area contributed by atoms with E-state index in [4.69, 9.17) is 0 Å². The minimum atomic E-state index is -0.338. The van der Waals surface area contributed by atoms with E-state index in [-0.39, 0.29) is 30.0 Å². The van der Waals surface area contributed by atoms with Gasteiger partial charge in [0.15, 0.2) is 5.82 Å². The summed E-state index contributed by atoms with van der Waals surface area (Å²) >= 11 is 0. The Morgan fingerprint density at radius 2 is 2.12 bits per heavy atom. The molecular formula is C16H23FN6O. The molecule has 7 nitrogen and oxygen atoms in total. The number of aliphatic hydroxyl groups is 1. The molecule has 1 aliphatic rings. The van der Waals surface area contributed by atoms with Gasteiger partial charge in [-0.05, 0) is 50.1 Å². The van der Waals surface area contributed by atoms with Gasteiger partial charge in [0.2, 0.25) is 0 Å². The molecule has 24 heavy (non-hydrogen) atoms. The molecule has 0 unspecified atom stereocenters. The predicted octanol–water partition coefficient (Wildman–Crippen LogP) is 1.66. The Labute approximate surface area is 140 Å². The summed E-state index contributed by atoms with van der Waals surface area (Å²) in [5, 5.41) is 21.9. The van der Waals surface area contributed by atoms with E-state index < -0.39 is 0 Å². The van der Waals surface area contributed by atoms with E-state index >= 15 is 0 Å². The maximum absolute atomic E-state index is 14.0. The summed E-state index contributed by atoms with van der Waals surface area (Å²) in [6.07, 6.45) is 4.45. The number of tetrazole rings is 1. The first-order valence-corrected chi connectivity index (χ1v) is 8.15. The number of pyridine rings is 1. The van der Waals surface area contributed by atoms with E-state index in [0.29, 0.717) is 12.1 Å². The number of nitrogens with zero attached hydrogens (tertiary/aromatic N) is 6. The summed E-state index contributed by atoms with van der Waals surface area (Å²) in [6.45, 7) is 6.54. The Balaban J connectivity index is 1.93. The number of halogens is 1. The van der Waals surface area contributed by atoms with Crippen molar-refractivity contribution in [1.82, 2.24) is 30.1 Å². The zero-order chi connectivity index (χ0) is 17.3. The second kappa shape index (κ2) is 6.52. The third-order valence-corrected chi connectivity index (χ3v) is 4.49. The molecule has 2 aromatic heterocycles. The molecule has 0 aliphatic carbocycles. The van der Waals surface area contributed by atoms with Crippen LogP contribution in [-0.2, 0) is 12.1 Å². The summed E-state index contributed by atoms with van der Waals surface area (Å²) in [5.41, 5.74) is 0.314. The van der Waals surface area contributed by atoms with E-state index in [2.05, 4.69) is 25.4 Å². The molecule has 3 rings (SSSR count). The maximum atomic E-state index is 14.0. The molecule has 8 heteroatoms. The Bertz CT molecular complexity index is 698. The topological polar surface area (TPSA) is 80.0 Å². The zero-order valence-corrected chi connectivity index (χ0v) is 14.2. The van der Waals surface area contributed by atoms with E-state index in [9.17, 15) is 9.50 Å². The lowest BCUT2D eigenvalue weighted by Gasteiger charge is -2.30. The summed E-state index contributed by atoms with van der Waals surface area (Å²) in [4.78, 5) is 5.88. The van der Waals surface area contributed by atoms with Gasteiger partial charge in [0.05, 0.1) is 24.4 Å². The molecule has 2 aromatic rings. The van der Waals surface area contributed by atoms with Crippen LogP contribution in [0.25, 0.3) is 0 Å². The fraction of sp³-hybridized carbons (Fsp3) is 0.625. The fourth-order valence-electron chi connectivity index (χ4n) is 3.26. The highest BCUT2D eigenvalue weighted by Gasteiger charge is 2.38. The molecule has 1 saturated heterocycles. The minimum absolute atomic E-state index is 0.0281. The average molecular weight is 334 g/mol. The van der Waals surface area contributed by atoms with Crippen molar-refractivity contribution in [2.24, 2.45) is 0 Å². The van der Waals surface area contributed by atoms with E-state index in [1.165, 1.54) is 6.20 Å². The summed E-state index contributed by atoms with van der Waals surface area (Å²) in [6, 6.07) is 1.59. The van der Waals surface area contributed by atoms with Crippen LogP contribution >= 0.6 is 0 Å². The molecule has 0 bridgehead atoms.